The van der Waals surface area contributed by atoms with Crippen LogP contribution in [0, 0.1) is 0 Å². The summed E-state index contributed by atoms with van der Waals surface area (Å²) in [5, 5.41) is 10.9. The van der Waals surface area contributed by atoms with Crippen LogP contribution in [0.3, 0.4) is 0 Å². The van der Waals surface area contributed by atoms with E-state index in [0.717, 1.165) is 24.5 Å². The van der Waals surface area contributed by atoms with E-state index < -0.39 is 0 Å². The number of rotatable bonds is 4. The molecule has 5 heteroatoms. The second kappa shape index (κ2) is 5.75. The molecule has 2 aromatic rings. The van der Waals surface area contributed by atoms with E-state index in [0.29, 0.717) is 12.2 Å². The third kappa shape index (κ3) is 2.63. The van der Waals surface area contributed by atoms with Crippen LogP contribution in [0.1, 0.15) is 16.1 Å². The van der Waals surface area contributed by atoms with E-state index in [-0.39, 0.29) is 5.91 Å². The van der Waals surface area contributed by atoms with Crippen molar-refractivity contribution in [1.82, 2.24) is 15.5 Å². The lowest BCUT2D eigenvalue weighted by Gasteiger charge is -2.17. The number of hydrogen-bond donors (Lipinski definition) is 1. The maximum atomic E-state index is 11.8. The molecule has 5 nitrogen and oxygen atoms in total. The van der Waals surface area contributed by atoms with E-state index in [1.165, 1.54) is 5.56 Å². The van der Waals surface area contributed by atoms with Crippen LogP contribution in [0.5, 0.6) is 0 Å². The van der Waals surface area contributed by atoms with Crippen LogP contribution in [0.2, 0.25) is 0 Å². The number of carbonyl (C=O) groups excluding carboxylic acids is 1. The summed E-state index contributed by atoms with van der Waals surface area (Å²) in [6, 6.07) is 11.8. The fraction of sp³-hybridized carbons (Fsp3) is 0.188. The molecule has 0 saturated heterocycles. The second-order valence-electron chi connectivity index (χ2n) is 4.81. The van der Waals surface area contributed by atoms with Crippen LogP contribution < -0.4 is 10.2 Å². The average molecular weight is 280 g/mol. The Balaban J connectivity index is 1.79. The highest BCUT2D eigenvalue weighted by molar-refractivity contribution is 5.92. The van der Waals surface area contributed by atoms with E-state index in [9.17, 15) is 4.79 Å². The van der Waals surface area contributed by atoms with E-state index in [1.807, 2.05) is 18.2 Å². The van der Waals surface area contributed by atoms with Gasteiger partial charge in [0.15, 0.2) is 11.5 Å². The summed E-state index contributed by atoms with van der Waals surface area (Å²) in [5.41, 5.74) is 2.79. The minimum absolute atomic E-state index is 0.240. The van der Waals surface area contributed by atoms with Crippen molar-refractivity contribution in [2.45, 2.75) is 6.42 Å². The minimum atomic E-state index is -0.240. The molecule has 21 heavy (non-hydrogen) atoms. The summed E-state index contributed by atoms with van der Waals surface area (Å²) < 4.78 is 0. The van der Waals surface area contributed by atoms with E-state index in [4.69, 9.17) is 0 Å². The van der Waals surface area contributed by atoms with Gasteiger partial charge >= 0.3 is 0 Å². The molecule has 0 radical (unpaired) electrons. The molecule has 1 N–H and O–H groups in total. The molecule has 2 heterocycles. The lowest BCUT2D eigenvalue weighted by molar-refractivity contribution is 0.0952. The van der Waals surface area contributed by atoms with Crippen molar-refractivity contribution in [3.8, 4) is 0 Å². The minimum Gasteiger partial charge on any atom is -0.347 e. The first kappa shape index (κ1) is 13.3. The number of carbonyl (C=O) groups is 1. The van der Waals surface area contributed by atoms with Gasteiger partial charge in [0.25, 0.3) is 5.91 Å². The maximum Gasteiger partial charge on any atom is 0.272 e. The molecule has 1 aromatic carbocycles. The monoisotopic (exact) mass is 280 g/mol. The predicted molar refractivity (Wildman–Crippen MR) is 81.7 cm³/mol. The van der Waals surface area contributed by atoms with Gasteiger partial charge in [-0.25, -0.2) is 0 Å². The molecule has 3 rings (SSSR count). The SMILES string of the molecule is C=CCNC(=O)c1ccc(N2CCc3ccccc32)nn1. The van der Waals surface area contributed by atoms with Crippen LogP contribution in [0.25, 0.3) is 0 Å². The molecule has 0 spiro atoms. The van der Waals surface area contributed by atoms with Gasteiger partial charge in [0.05, 0.1) is 0 Å². The Hall–Kier alpha value is -2.69. The zero-order chi connectivity index (χ0) is 14.7. The number of amides is 1. The lowest BCUT2D eigenvalue weighted by atomic mass is 10.2. The van der Waals surface area contributed by atoms with Crippen LogP contribution in [-0.4, -0.2) is 29.2 Å². The summed E-state index contributed by atoms with van der Waals surface area (Å²) in [6.45, 7) is 4.86. The molecule has 1 aromatic heterocycles. The van der Waals surface area contributed by atoms with Gasteiger partial charge in [0, 0.05) is 18.8 Å². The van der Waals surface area contributed by atoms with Crippen LogP contribution in [-0.2, 0) is 6.42 Å². The number of fused-ring (bicyclic) bond motifs is 1. The molecule has 0 unspecified atom stereocenters. The van der Waals surface area contributed by atoms with Gasteiger partial charge in [-0.2, -0.15) is 0 Å². The van der Waals surface area contributed by atoms with Crippen LogP contribution in [0.15, 0.2) is 49.1 Å². The lowest BCUT2D eigenvalue weighted by Crippen LogP contribution is -2.25. The topological polar surface area (TPSA) is 58.1 Å². The molecule has 106 valence electrons. The van der Waals surface area contributed by atoms with Crippen molar-refractivity contribution < 1.29 is 4.79 Å². The second-order valence-corrected chi connectivity index (χ2v) is 4.81. The Morgan fingerprint density at radius 2 is 2.14 bits per heavy atom. The molecular weight excluding hydrogens is 264 g/mol. The smallest absolute Gasteiger partial charge is 0.272 e. The summed E-state index contributed by atoms with van der Waals surface area (Å²) in [6.07, 6.45) is 2.63. The fourth-order valence-corrected chi connectivity index (χ4v) is 2.42. The summed E-state index contributed by atoms with van der Waals surface area (Å²) in [4.78, 5) is 13.9. The van der Waals surface area contributed by atoms with Crippen molar-refractivity contribution in [1.29, 1.82) is 0 Å². The first-order valence-electron chi connectivity index (χ1n) is 6.88. The molecular formula is C16H16N4O. The number of para-hydroxylation sites is 1. The number of hydrogen-bond acceptors (Lipinski definition) is 4. The zero-order valence-electron chi connectivity index (χ0n) is 11.6. The summed E-state index contributed by atoms with van der Waals surface area (Å²) >= 11 is 0. The molecule has 1 aliphatic rings. The standard InChI is InChI=1S/C16H16N4O/c1-2-10-17-16(21)13-7-8-15(19-18-13)20-11-9-12-5-3-4-6-14(12)20/h2-8H,1,9-11H2,(H,17,21). The molecule has 0 saturated carbocycles. The van der Waals surface area contributed by atoms with Crippen molar-refractivity contribution >= 4 is 17.4 Å². The van der Waals surface area contributed by atoms with Crippen molar-refractivity contribution in [3.63, 3.8) is 0 Å². The quantitative estimate of drug-likeness (QED) is 0.871. The van der Waals surface area contributed by atoms with Crippen LogP contribution in [0.4, 0.5) is 11.5 Å². The Labute approximate surface area is 123 Å². The number of benzene rings is 1. The first-order valence-corrected chi connectivity index (χ1v) is 6.88. The highest BCUT2D eigenvalue weighted by Crippen LogP contribution is 2.32. The third-order valence-electron chi connectivity index (χ3n) is 3.45. The number of nitrogens with zero attached hydrogens (tertiary/aromatic N) is 3. The predicted octanol–water partition coefficient (Wildman–Crippen LogP) is 2.09. The Kier molecular flexibility index (Phi) is 3.64. The van der Waals surface area contributed by atoms with Gasteiger partial charge < -0.3 is 10.2 Å². The normalized spacial score (nSPS) is 12.9. The number of aromatic nitrogens is 2. The molecule has 0 bridgehead atoms. The van der Waals surface area contributed by atoms with Crippen molar-refractivity contribution in [2.75, 3.05) is 18.0 Å². The Morgan fingerprint density at radius 3 is 2.90 bits per heavy atom. The largest absolute Gasteiger partial charge is 0.347 e. The molecule has 1 aliphatic heterocycles. The average Bonchev–Trinajstić information content (AvgIpc) is 2.97. The molecule has 0 atom stereocenters. The highest BCUT2D eigenvalue weighted by Gasteiger charge is 2.21. The van der Waals surface area contributed by atoms with Gasteiger partial charge in [-0.1, -0.05) is 24.3 Å². The molecule has 0 aliphatic carbocycles. The van der Waals surface area contributed by atoms with E-state index >= 15 is 0 Å². The van der Waals surface area contributed by atoms with Gasteiger partial charge in [0.2, 0.25) is 0 Å². The third-order valence-corrected chi connectivity index (χ3v) is 3.45. The summed E-state index contributed by atoms with van der Waals surface area (Å²) in [7, 11) is 0. The Morgan fingerprint density at radius 1 is 1.29 bits per heavy atom. The van der Waals surface area contributed by atoms with Gasteiger partial charge in [-0.3, -0.25) is 4.79 Å². The van der Waals surface area contributed by atoms with Crippen molar-refractivity contribution in [2.24, 2.45) is 0 Å². The van der Waals surface area contributed by atoms with Gasteiger partial charge in [0.1, 0.15) is 0 Å². The fourth-order valence-electron chi connectivity index (χ4n) is 2.42. The van der Waals surface area contributed by atoms with Gasteiger partial charge in [-0.15, -0.1) is 16.8 Å². The van der Waals surface area contributed by atoms with Crippen LogP contribution >= 0.6 is 0 Å². The first-order chi connectivity index (χ1) is 10.3. The summed E-state index contributed by atoms with van der Waals surface area (Å²) in [5.74, 6) is 0.524. The maximum absolute atomic E-state index is 11.8. The zero-order valence-corrected chi connectivity index (χ0v) is 11.6. The van der Waals surface area contributed by atoms with Gasteiger partial charge in [-0.05, 0) is 30.2 Å². The highest BCUT2D eigenvalue weighted by atomic mass is 16.1. The molecule has 0 fully saturated rings. The number of anilines is 2. The van der Waals surface area contributed by atoms with E-state index in [1.54, 1.807) is 12.1 Å². The van der Waals surface area contributed by atoms with Crippen molar-refractivity contribution in [3.05, 3.63) is 60.3 Å². The van der Waals surface area contributed by atoms with E-state index in [2.05, 4.69) is 39.1 Å². The Bertz CT molecular complexity index is 666. The number of nitrogens with one attached hydrogen (secondary N) is 1. The molecule has 1 amide bonds.